The van der Waals surface area contributed by atoms with E-state index in [-0.39, 0.29) is 24.3 Å². The highest BCUT2D eigenvalue weighted by Gasteiger charge is 2.36. The third kappa shape index (κ3) is 6.01. The number of rotatable bonds is 9. The molecule has 1 aliphatic rings. The Balaban J connectivity index is 1.63. The first-order chi connectivity index (χ1) is 17.1. The van der Waals surface area contributed by atoms with Gasteiger partial charge in [0.1, 0.15) is 5.76 Å². The van der Waals surface area contributed by atoms with Gasteiger partial charge in [-0.25, -0.2) is 0 Å². The third-order valence-corrected chi connectivity index (χ3v) is 6.31. The van der Waals surface area contributed by atoms with Gasteiger partial charge >= 0.3 is 0 Å². The number of carbonyl (C=O) groups is 3. The lowest BCUT2D eigenvalue weighted by atomic mass is 9.95. The average Bonchev–Trinajstić information content (AvgIpc) is 3.61. The molecule has 1 saturated carbocycles. The number of furan rings is 2. The summed E-state index contributed by atoms with van der Waals surface area (Å²) >= 11 is 0. The molecule has 1 aliphatic carbocycles. The zero-order valence-electron chi connectivity index (χ0n) is 19.9. The number of nitrogens with one attached hydrogen (secondary N) is 2. The fraction of sp³-hybridized carbons (Fsp3) is 0.370. The number of carbonyl (C=O) groups excluding carboxylic acids is 3. The van der Waals surface area contributed by atoms with Crippen molar-refractivity contribution in [2.24, 2.45) is 0 Å². The summed E-state index contributed by atoms with van der Waals surface area (Å²) in [6, 6.07) is 13.0. The molecule has 35 heavy (non-hydrogen) atoms. The first kappa shape index (κ1) is 24.3. The van der Waals surface area contributed by atoms with E-state index in [1.807, 2.05) is 31.2 Å². The van der Waals surface area contributed by atoms with Gasteiger partial charge in [-0.15, -0.1) is 0 Å². The van der Waals surface area contributed by atoms with Crippen molar-refractivity contribution in [3.8, 4) is 0 Å². The quantitative estimate of drug-likeness (QED) is 0.476. The van der Waals surface area contributed by atoms with E-state index in [0.717, 1.165) is 44.1 Å². The normalized spacial score (nSPS) is 14.8. The molecular formula is C27H31N3O5. The van der Waals surface area contributed by atoms with Crippen LogP contribution in [0.4, 0.5) is 5.69 Å². The van der Waals surface area contributed by atoms with Crippen LogP contribution in [0.3, 0.4) is 0 Å². The van der Waals surface area contributed by atoms with Gasteiger partial charge in [0.15, 0.2) is 11.8 Å². The number of hydrogen-bond acceptors (Lipinski definition) is 5. The Hall–Kier alpha value is -3.81. The fourth-order valence-electron chi connectivity index (χ4n) is 4.41. The van der Waals surface area contributed by atoms with Crippen LogP contribution in [0.25, 0.3) is 0 Å². The van der Waals surface area contributed by atoms with Crippen LogP contribution in [0.15, 0.2) is 69.9 Å². The summed E-state index contributed by atoms with van der Waals surface area (Å²) in [5, 5.41) is 5.72. The molecular weight excluding hydrogens is 446 g/mol. The molecule has 1 fully saturated rings. The zero-order chi connectivity index (χ0) is 24.6. The number of hydrogen-bond donors (Lipinski definition) is 2. The average molecular weight is 478 g/mol. The van der Waals surface area contributed by atoms with Crippen LogP contribution in [-0.4, -0.2) is 30.3 Å². The van der Waals surface area contributed by atoms with Crippen molar-refractivity contribution >= 4 is 23.4 Å². The number of amides is 3. The van der Waals surface area contributed by atoms with Gasteiger partial charge in [0, 0.05) is 11.7 Å². The first-order valence-electron chi connectivity index (χ1n) is 12.1. The lowest BCUT2D eigenvalue weighted by molar-refractivity contribution is -0.127. The molecule has 1 atom stereocenters. The Kier molecular flexibility index (Phi) is 8.03. The smallest absolute Gasteiger partial charge is 0.287 e. The van der Waals surface area contributed by atoms with E-state index >= 15 is 0 Å². The molecule has 0 bridgehead atoms. The molecule has 2 heterocycles. The van der Waals surface area contributed by atoms with Crippen LogP contribution < -0.4 is 15.5 Å². The molecule has 8 heteroatoms. The van der Waals surface area contributed by atoms with Gasteiger partial charge in [0.05, 0.1) is 19.1 Å². The maximum Gasteiger partial charge on any atom is 0.287 e. The second kappa shape index (κ2) is 11.6. The van der Waals surface area contributed by atoms with Gasteiger partial charge in [-0.05, 0) is 61.2 Å². The van der Waals surface area contributed by atoms with Crippen LogP contribution in [0.2, 0.25) is 0 Å². The van der Waals surface area contributed by atoms with E-state index in [1.165, 1.54) is 23.5 Å². The Morgan fingerprint density at radius 3 is 2.31 bits per heavy atom. The van der Waals surface area contributed by atoms with Crippen molar-refractivity contribution in [1.82, 2.24) is 10.6 Å². The molecule has 3 amide bonds. The first-order valence-corrected chi connectivity index (χ1v) is 12.1. The minimum atomic E-state index is -1.02. The second-order valence-corrected chi connectivity index (χ2v) is 8.71. The van der Waals surface area contributed by atoms with Gasteiger partial charge in [-0.3, -0.25) is 19.3 Å². The largest absolute Gasteiger partial charge is 0.467 e. The zero-order valence-corrected chi connectivity index (χ0v) is 19.9. The lowest BCUT2D eigenvalue weighted by Crippen LogP contribution is -2.49. The fourth-order valence-corrected chi connectivity index (χ4v) is 4.41. The molecule has 8 nitrogen and oxygen atoms in total. The SMILES string of the molecule is CCc1ccc(N(C(=O)CNC(=O)c2ccco2)C(C(=O)NC2CCCCC2)c2ccco2)cc1. The molecule has 0 saturated heterocycles. The van der Waals surface area contributed by atoms with Crippen LogP contribution in [0.1, 0.15) is 66.9 Å². The van der Waals surface area contributed by atoms with Crippen molar-refractivity contribution in [3.63, 3.8) is 0 Å². The standard InChI is InChI=1S/C27H31N3O5/c1-2-19-12-14-21(15-13-19)30(24(31)18-28-26(32)23-11-7-17-35-23)25(22-10-6-16-34-22)27(33)29-20-8-4-3-5-9-20/h6-7,10-17,20,25H,2-5,8-9,18H2,1H3,(H,28,32)(H,29,33). The summed E-state index contributed by atoms with van der Waals surface area (Å²) in [6.07, 6.45) is 8.84. The van der Waals surface area contributed by atoms with Crippen molar-refractivity contribution in [1.29, 1.82) is 0 Å². The van der Waals surface area contributed by atoms with Crippen molar-refractivity contribution in [2.45, 2.75) is 57.5 Å². The molecule has 2 aromatic heterocycles. The minimum Gasteiger partial charge on any atom is -0.467 e. The molecule has 3 aromatic rings. The third-order valence-electron chi connectivity index (χ3n) is 6.31. The Bertz CT molecular complexity index is 1100. The summed E-state index contributed by atoms with van der Waals surface area (Å²) in [5.41, 5.74) is 1.65. The molecule has 0 aliphatic heterocycles. The molecule has 1 unspecified atom stereocenters. The molecule has 184 valence electrons. The van der Waals surface area contributed by atoms with E-state index in [2.05, 4.69) is 10.6 Å². The van der Waals surface area contributed by atoms with Gasteiger partial charge in [0.25, 0.3) is 11.8 Å². The second-order valence-electron chi connectivity index (χ2n) is 8.71. The Morgan fingerprint density at radius 1 is 0.971 bits per heavy atom. The summed E-state index contributed by atoms with van der Waals surface area (Å²) in [6.45, 7) is 1.73. The predicted octanol–water partition coefficient (Wildman–Crippen LogP) is 4.39. The molecule has 4 rings (SSSR count). The molecule has 0 spiro atoms. The van der Waals surface area contributed by atoms with Crippen LogP contribution in [0, 0.1) is 0 Å². The predicted molar refractivity (Wildman–Crippen MR) is 131 cm³/mol. The molecule has 0 radical (unpaired) electrons. The maximum atomic E-state index is 13.6. The summed E-state index contributed by atoms with van der Waals surface area (Å²) < 4.78 is 10.7. The monoisotopic (exact) mass is 477 g/mol. The molecule has 1 aromatic carbocycles. The summed E-state index contributed by atoms with van der Waals surface area (Å²) in [7, 11) is 0. The van der Waals surface area contributed by atoms with E-state index in [9.17, 15) is 14.4 Å². The maximum absolute atomic E-state index is 13.6. The number of anilines is 1. The van der Waals surface area contributed by atoms with Gasteiger partial charge < -0.3 is 19.5 Å². The Morgan fingerprint density at radius 2 is 1.69 bits per heavy atom. The van der Waals surface area contributed by atoms with Gasteiger partial charge in [0.2, 0.25) is 5.91 Å². The van der Waals surface area contributed by atoms with E-state index in [4.69, 9.17) is 8.83 Å². The van der Waals surface area contributed by atoms with Crippen LogP contribution >= 0.6 is 0 Å². The highest BCUT2D eigenvalue weighted by molar-refractivity contribution is 6.04. The van der Waals surface area contributed by atoms with E-state index in [1.54, 1.807) is 18.2 Å². The van der Waals surface area contributed by atoms with Gasteiger partial charge in [-0.2, -0.15) is 0 Å². The van der Waals surface area contributed by atoms with E-state index < -0.39 is 17.9 Å². The number of nitrogens with zero attached hydrogens (tertiary/aromatic N) is 1. The topological polar surface area (TPSA) is 105 Å². The summed E-state index contributed by atoms with van der Waals surface area (Å²) in [5.74, 6) is -0.810. The summed E-state index contributed by atoms with van der Waals surface area (Å²) in [4.78, 5) is 41.0. The molecule has 2 N–H and O–H groups in total. The van der Waals surface area contributed by atoms with Gasteiger partial charge in [-0.1, -0.05) is 38.3 Å². The lowest BCUT2D eigenvalue weighted by Gasteiger charge is -2.32. The Labute approximate surface area is 204 Å². The van der Waals surface area contributed by atoms with Crippen LogP contribution in [-0.2, 0) is 16.0 Å². The highest BCUT2D eigenvalue weighted by Crippen LogP contribution is 2.30. The minimum absolute atomic E-state index is 0.0618. The highest BCUT2D eigenvalue weighted by atomic mass is 16.3. The number of benzene rings is 1. The van der Waals surface area contributed by atoms with Crippen molar-refractivity contribution in [3.05, 3.63) is 78.1 Å². The van der Waals surface area contributed by atoms with Crippen LogP contribution in [0.5, 0.6) is 0 Å². The number of aryl methyl sites for hydroxylation is 1. The van der Waals surface area contributed by atoms with E-state index in [0.29, 0.717) is 11.4 Å². The van der Waals surface area contributed by atoms with Crippen molar-refractivity contribution < 1.29 is 23.2 Å². The van der Waals surface area contributed by atoms with Crippen molar-refractivity contribution in [2.75, 3.05) is 11.4 Å².